The standard InChI is InChI=1S/C23H32N2O4/c1-5-28-19-8-6-18(7-9-19)20-21(24-12-10-17(4)11-13-24)23(27)25(22(20)26)14-15-29-16(2)3/h6-9,16-17H,5,10-15H2,1-4H3. The highest BCUT2D eigenvalue weighted by molar-refractivity contribution is 6.35. The van der Waals surface area contributed by atoms with E-state index in [1.165, 1.54) is 4.90 Å². The van der Waals surface area contributed by atoms with Crippen molar-refractivity contribution in [2.75, 3.05) is 32.8 Å². The fourth-order valence-corrected chi connectivity index (χ4v) is 3.82. The third-order valence-electron chi connectivity index (χ3n) is 5.46. The number of hydrogen-bond donors (Lipinski definition) is 0. The Hall–Kier alpha value is -2.34. The van der Waals surface area contributed by atoms with Gasteiger partial charge in [-0.1, -0.05) is 19.1 Å². The number of amides is 2. The highest BCUT2D eigenvalue weighted by atomic mass is 16.5. The summed E-state index contributed by atoms with van der Waals surface area (Å²) in [5.74, 6) is 0.952. The maximum Gasteiger partial charge on any atom is 0.277 e. The SMILES string of the molecule is CCOc1ccc(C2=C(N3CCC(C)CC3)C(=O)N(CCOC(C)C)C2=O)cc1. The van der Waals surface area contributed by atoms with Crippen molar-refractivity contribution in [3.63, 3.8) is 0 Å². The van der Waals surface area contributed by atoms with Gasteiger partial charge in [0.1, 0.15) is 11.4 Å². The molecule has 2 aliphatic heterocycles. The number of imide groups is 1. The fourth-order valence-electron chi connectivity index (χ4n) is 3.82. The minimum absolute atomic E-state index is 0.0596. The predicted octanol–water partition coefficient (Wildman–Crippen LogP) is 3.32. The molecule has 0 N–H and O–H groups in total. The first-order valence-corrected chi connectivity index (χ1v) is 10.6. The summed E-state index contributed by atoms with van der Waals surface area (Å²) in [4.78, 5) is 29.9. The molecule has 6 nitrogen and oxygen atoms in total. The Kier molecular flexibility index (Phi) is 6.96. The van der Waals surface area contributed by atoms with Crippen LogP contribution in [0.25, 0.3) is 5.57 Å². The minimum Gasteiger partial charge on any atom is -0.494 e. The first kappa shape index (κ1) is 21.4. The Labute approximate surface area is 173 Å². The molecular weight excluding hydrogens is 368 g/mol. The number of carbonyl (C=O) groups is 2. The van der Waals surface area contributed by atoms with Crippen molar-refractivity contribution in [1.82, 2.24) is 9.80 Å². The number of rotatable bonds is 8. The van der Waals surface area contributed by atoms with E-state index in [1.54, 1.807) is 0 Å². The van der Waals surface area contributed by atoms with Crippen LogP contribution in [0.2, 0.25) is 0 Å². The number of nitrogens with zero attached hydrogens (tertiary/aromatic N) is 2. The van der Waals surface area contributed by atoms with Crippen molar-refractivity contribution in [3.8, 4) is 5.75 Å². The monoisotopic (exact) mass is 400 g/mol. The van der Waals surface area contributed by atoms with E-state index in [0.717, 1.165) is 37.2 Å². The number of likely N-dealkylation sites (tertiary alicyclic amines) is 1. The summed E-state index contributed by atoms with van der Waals surface area (Å²) in [6.07, 6.45) is 2.11. The zero-order chi connectivity index (χ0) is 21.0. The third-order valence-corrected chi connectivity index (χ3v) is 5.46. The summed E-state index contributed by atoms with van der Waals surface area (Å²) in [6.45, 7) is 10.8. The Balaban J connectivity index is 1.91. The Morgan fingerprint density at radius 2 is 1.72 bits per heavy atom. The Morgan fingerprint density at radius 1 is 1.07 bits per heavy atom. The predicted molar refractivity (Wildman–Crippen MR) is 112 cm³/mol. The lowest BCUT2D eigenvalue weighted by Gasteiger charge is -2.32. The molecule has 1 aromatic carbocycles. The molecule has 0 radical (unpaired) electrons. The smallest absolute Gasteiger partial charge is 0.277 e. The van der Waals surface area contributed by atoms with Crippen LogP contribution in [0, 0.1) is 5.92 Å². The van der Waals surface area contributed by atoms with Crippen LogP contribution in [0.1, 0.15) is 46.1 Å². The molecule has 0 aliphatic carbocycles. The second-order valence-electron chi connectivity index (χ2n) is 8.03. The summed E-state index contributed by atoms with van der Waals surface area (Å²) < 4.78 is 11.1. The minimum atomic E-state index is -0.236. The van der Waals surface area contributed by atoms with Gasteiger partial charge in [0, 0.05) is 13.1 Å². The van der Waals surface area contributed by atoms with Crippen molar-refractivity contribution in [2.45, 2.75) is 46.6 Å². The van der Waals surface area contributed by atoms with E-state index >= 15 is 0 Å². The lowest BCUT2D eigenvalue weighted by atomic mass is 9.97. The lowest BCUT2D eigenvalue weighted by Crippen LogP contribution is -2.39. The van der Waals surface area contributed by atoms with E-state index in [9.17, 15) is 9.59 Å². The molecule has 1 fully saturated rings. The van der Waals surface area contributed by atoms with E-state index in [0.29, 0.717) is 30.4 Å². The van der Waals surface area contributed by atoms with Gasteiger partial charge in [-0.05, 0) is 57.2 Å². The fraction of sp³-hybridized carbons (Fsp3) is 0.565. The van der Waals surface area contributed by atoms with E-state index in [4.69, 9.17) is 9.47 Å². The molecule has 0 aromatic heterocycles. The van der Waals surface area contributed by atoms with Crippen LogP contribution < -0.4 is 4.74 Å². The van der Waals surface area contributed by atoms with Crippen LogP contribution in [0.5, 0.6) is 5.75 Å². The zero-order valence-electron chi connectivity index (χ0n) is 17.9. The van der Waals surface area contributed by atoms with Crippen LogP contribution in [0.15, 0.2) is 30.0 Å². The van der Waals surface area contributed by atoms with Crippen LogP contribution in [0.3, 0.4) is 0 Å². The van der Waals surface area contributed by atoms with Gasteiger partial charge >= 0.3 is 0 Å². The van der Waals surface area contributed by atoms with Gasteiger partial charge in [0.2, 0.25) is 0 Å². The molecule has 3 rings (SSSR count). The van der Waals surface area contributed by atoms with Crippen molar-refractivity contribution >= 4 is 17.4 Å². The number of piperidine rings is 1. The molecule has 158 valence electrons. The average molecular weight is 401 g/mol. The summed E-state index contributed by atoms with van der Waals surface area (Å²) in [6, 6.07) is 7.44. The van der Waals surface area contributed by atoms with Crippen molar-refractivity contribution < 1.29 is 19.1 Å². The van der Waals surface area contributed by atoms with Crippen LogP contribution >= 0.6 is 0 Å². The van der Waals surface area contributed by atoms with Gasteiger partial charge in [-0.2, -0.15) is 0 Å². The van der Waals surface area contributed by atoms with Crippen molar-refractivity contribution in [1.29, 1.82) is 0 Å². The van der Waals surface area contributed by atoms with Gasteiger partial charge in [0.25, 0.3) is 11.8 Å². The first-order chi connectivity index (χ1) is 13.9. The van der Waals surface area contributed by atoms with Crippen molar-refractivity contribution in [2.24, 2.45) is 5.92 Å². The summed E-state index contributed by atoms with van der Waals surface area (Å²) >= 11 is 0. The summed E-state index contributed by atoms with van der Waals surface area (Å²) in [7, 11) is 0. The topological polar surface area (TPSA) is 59.1 Å². The number of benzene rings is 1. The maximum atomic E-state index is 13.3. The summed E-state index contributed by atoms with van der Waals surface area (Å²) in [5, 5.41) is 0. The van der Waals surface area contributed by atoms with Gasteiger partial charge < -0.3 is 14.4 Å². The van der Waals surface area contributed by atoms with E-state index in [1.807, 2.05) is 45.0 Å². The largest absolute Gasteiger partial charge is 0.494 e. The molecule has 0 bridgehead atoms. The van der Waals surface area contributed by atoms with Crippen molar-refractivity contribution in [3.05, 3.63) is 35.5 Å². The van der Waals surface area contributed by atoms with E-state index in [-0.39, 0.29) is 24.5 Å². The molecule has 1 aromatic rings. The molecule has 0 saturated carbocycles. The number of ether oxygens (including phenoxy) is 2. The third kappa shape index (κ3) is 4.81. The summed E-state index contributed by atoms with van der Waals surface area (Å²) in [5.41, 5.74) is 1.79. The molecule has 0 unspecified atom stereocenters. The quantitative estimate of drug-likeness (QED) is 0.627. The second kappa shape index (κ2) is 9.44. The second-order valence-corrected chi connectivity index (χ2v) is 8.03. The molecule has 0 atom stereocenters. The Bertz CT molecular complexity index is 762. The maximum absolute atomic E-state index is 13.3. The molecule has 29 heavy (non-hydrogen) atoms. The molecule has 2 amide bonds. The van der Waals surface area contributed by atoms with Gasteiger partial charge in [-0.15, -0.1) is 0 Å². The van der Waals surface area contributed by atoms with E-state index < -0.39 is 0 Å². The highest BCUT2D eigenvalue weighted by Gasteiger charge is 2.41. The lowest BCUT2D eigenvalue weighted by molar-refractivity contribution is -0.138. The molecule has 0 spiro atoms. The first-order valence-electron chi connectivity index (χ1n) is 10.6. The van der Waals surface area contributed by atoms with Crippen LogP contribution in [-0.2, 0) is 14.3 Å². The molecular formula is C23H32N2O4. The zero-order valence-corrected chi connectivity index (χ0v) is 17.9. The number of carbonyl (C=O) groups excluding carboxylic acids is 2. The highest BCUT2D eigenvalue weighted by Crippen LogP contribution is 2.34. The van der Waals surface area contributed by atoms with Gasteiger partial charge in [0.05, 0.1) is 31.4 Å². The number of hydrogen-bond acceptors (Lipinski definition) is 5. The van der Waals surface area contributed by atoms with Gasteiger partial charge in [0.15, 0.2) is 0 Å². The molecule has 2 heterocycles. The Morgan fingerprint density at radius 3 is 2.31 bits per heavy atom. The molecule has 6 heteroatoms. The van der Waals surface area contributed by atoms with Crippen LogP contribution in [-0.4, -0.2) is 60.6 Å². The van der Waals surface area contributed by atoms with E-state index in [2.05, 4.69) is 11.8 Å². The molecule has 2 aliphatic rings. The average Bonchev–Trinajstić information content (AvgIpc) is 2.94. The van der Waals surface area contributed by atoms with Gasteiger partial charge in [-0.3, -0.25) is 14.5 Å². The van der Waals surface area contributed by atoms with Gasteiger partial charge in [-0.25, -0.2) is 0 Å². The normalized spacial score (nSPS) is 18.4. The van der Waals surface area contributed by atoms with Crippen LogP contribution in [0.4, 0.5) is 0 Å². The molecule has 1 saturated heterocycles.